The molecule has 132 valence electrons. The van der Waals surface area contributed by atoms with Crippen molar-refractivity contribution in [3.05, 3.63) is 59.7 Å². The van der Waals surface area contributed by atoms with Crippen LogP contribution in [0.2, 0.25) is 0 Å². The maximum atomic E-state index is 12.5. The second-order valence-electron chi connectivity index (χ2n) is 5.54. The van der Waals surface area contributed by atoms with Gasteiger partial charge in [-0.25, -0.2) is 4.79 Å². The summed E-state index contributed by atoms with van der Waals surface area (Å²) in [5.74, 6) is -0.168. The van der Waals surface area contributed by atoms with Gasteiger partial charge in [-0.1, -0.05) is 38.1 Å². The van der Waals surface area contributed by atoms with E-state index in [4.69, 9.17) is 9.47 Å². The number of amides is 1. The van der Waals surface area contributed by atoms with E-state index in [2.05, 4.69) is 12.2 Å². The molecule has 2 aromatic rings. The van der Waals surface area contributed by atoms with Gasteiger partial charge in [0.25, 0.3) is 5.91 Å². The van der Waals surface area contributed by atoms with E-state index < -0.39 is 12.1 Å². The molecule has 1 N–H and O–H groups in total. The average Bonchev–Trinajstić information content (AvgIpc) is 2.66. The Morgan fingerprint density at radius 1 is 1.04 bits per heavy atom. The summed E-state index contributed by atoms with van der Waals surface area (Å²) in [4.78, 5) is 24.3. The Bertz CT molecular complexity index is 725. The molecule has 0 saturated heterocycles. The first kappa shape index (κ1) is 18.5. The summed E-state index contributed by atoms with van der Waals surface area (Å²) in [7, 11) is 1.30. The molecular formula is C20H23NO4. The number of nitrogens with one attached hydrogen (secondary N) is 1. The van der Waals surface area contributed by atoms with E-state index >= 15 is 0 Å². The molecule has 25 heavy (non-hydrogen) atoms. The predicted molar refractivity (Wildman–Crippen MR) is 96.9 cm³/mol. The van der Waals surface area contributed by atoms with Gasteiger partial charge in [0.05, 0.1) is 18.4 Å². The molecule has 0 spiro atoms. The Morgan fingerprint density at radius 3 is 2.32 bits per heavy atom. The van der Waals surface area contributed by atoms with Crippen LogP contribution in [-0.4, -0.2) is 25.1 Å². The van der Waals surface area contributed by atoms with Gasteiger partial charge in [-0.3, -0.25) is 4.79 Å². The Morgan fingerprint density at radius 2 is 1.72 bits per heavy atom. The van der Waals surface area contributed by atoms with Gasteiger partial charge < -0.3 is 14.8 Å². The minimum absolute atomic E-state index is 0.306. The SMILES string of the molecule is CCc1ccc(OC(CC)C(=O)Nc2ccccc2C(=O)OC)cc1. The smallest absolute Gasteiger partial charge is 0.339 e. The molecule has 1 amide bonds. The molecule has 0 heterocycles. The zero-order valence-electron chi connectivity index (χ0n) is 14.7. The highest BCUT2D eigenvalue weighted by atomic mass is 16.5. The Hall–Kier alpha value is -2.82. The van der Waals surface area contributed by atoms with Crippen molar-refractivity contribution in [2.75, 3.05) is 12.4 Å². The number of esters is 1. The third-order valence-corrected chi connectivity index (χ3v) is 3.86. The number of hydrogen-bond donors (Lipinski definition) is 1. The first-order chi connectivity index (χ1) is 12.1. The molecule has 0 aliphatic carbocycles. The molecule has 0 bridgehead atoms. The number of anilines is 1. The molecule has 5 heteroatoms. The number of carbonyl (C=O) groups is 2. The molecule has 0 aromatic heterocycles. The number of hydrogen-bond acceptors (Lipinski definition) is 4. The Kier molecular flexibility index (Phi) is 6.57. The van der Waals surface area contributed by atoms with Crippen molar-refractivity contribution in [2.45, 2.75) is 32.8 Å². The van der Waals surface area contributed by atoms with Gasteiger partial charge in [-0.15, -0.1) is 0 Å². The van der Waals surface area contributed by atoms with E-state index in [0.717, 1.165) is 6.42 Å². The van der Waals surface area contributed by atoms with Crippen molar-refractivity contribution in [3.8, 4) is 5.75 Å². The molecule has 0 aliphatic rings. The van der Waals surface area contributed by atoms with Crippen LogP contribution >= 0.6 is 0 Å². The average molecular weight is 341 g/mol. The maximum Gasteiger partial charge on any atom is 0.339 e. The largest absolute Gasteiger partial charge is 0.481 e. The van der Waals surface area contributed by atoms with Crippen molar-refractivity contribution in [3.63, 3.8) is 0 Å². The van der Waals surface area contributed by atoms with Gasteiger partial charge in [-0.05, 0) is 42.7 Å². The lowest BCUT2D eigenvalue weighted by molar-refractivity contribution is -0.122. The topological polar surface area (TPSA) is 64.6 Å². The summed E-state index contributed by atoms with van der Waals surface area (Å²) in [6, 6.07) is 14.4. The van der Waals surface area contributed by atoms with Crippen LogP contribution in [0.3, 0.4) is 0 Å². The molecule has 0 radical (unpaired) electrons. The van der Waals surface area contributed by atoms with Gasteiger partial charge in [-0.2, -0.15) is 0 Å². The lowest BCUT2D eigenvalue weighted by Gasteiger charge is -2.18. The van der Waals surface area contributed by atoms with Crippen LogP contribution < -0.4 is 10.1 Å². The van der Waals surface area contributed by atoms with E-state index in [1.54, 1.807) is 24.3 Å². The van der Waals surface area contributed by atoms with Gasteiger partial charge in [0.15, 0.2) is 6.10 Å². The summed E-state index contributed by atoms with van der Waals surface area (Å²) in [5, 5.41) is 2.75. The zero-order valence-corrected chi connectivity index (χ0v) is 14.7. The number of aryl methyl sites for hydroxylation is 1. The van der Waals surface area contributed by atoms with Crippen molar-refractivity contribution in [1.82, 2.24) is 0 Å². The highest BCUT2D eigenvalue weighted by Crippen LogP contribution is 2.19. The summed E-state index contributed by atoms with van der Waals surface area (Å²) < 4.78 is 10.5. The van der Waals surface area contributed by atoms with Gasteiger partial charge in [0.2, 0.25) is 0 Å². The minimum Gasteiger partial charge on any atom is -0.481 e. The van der Waals surface area contributed by atoms with Crippen LogP contribution in [0.5, 0.6) is 5.75 Å². The van der Waals surface area contributed by atoms with Gasteiger partial charge >= 0.3 is 5.97 Å². The first-order valence-electron chi connectivity index (χ1n) is 8.32. The number of para-hydroxylation sites is 1. The number of benzene rings is 2. The monoisotopic (exact) mass is 341 g/mol. The number of rotatable bonds is 7. The van der Waals surface area contributed by atoms with Crippen LogP contribution in [0.15, 0.2) is 48.5 Å². The van der Waals surface area contributed by atoms with E-state index in [1.807, 2.05) is 31.2 Å². The lowest BCUT2D eigenvalue weighted by Crippen LogP contribution is -2.33. The summed E-state index contributed by atoms with van der Waals surface area (Å²) in [5.41, 5.74) is 1.92. The van der Waals surface area contributed by atoms with Crippen molar-refractivity contribution >= 4 is 17.6 Å². The van der Waals surface area contributed by atoms with Gasteiger partial charge in [0, 0.05) is 0 Å². The third-order valence-electron chi connectivity index (χ3n) is 3.86. The summed E-state index contributed by atoms with van der Waals surface area (Å²) in [6.45, 7) is 3.95. The minimum atomic E-state index is -0.654. The van der Waals surface area contributed by atoms with Crippen molar-refractivity contribution in [2.24, 2.45) is 0 Å². The van der Waals surface area contributed by atoms with Crippen LogP contribution in [0.25, 0.3) is 0 Å². The molecule has 0 aliphatic heterocycles. The van der Waals surface area contributed by atoms with Gasteiger partial charge in [0.1, 0.15) is 5.75 Å². The molecule has 2 aromatic carbocycles. The van der Waals surface area contributed by atoms with Crippen molar-refractivity contribution < 1.29 is 19.1 Å². The number of carbonyl (C=O) groups excluding carboxylic acids is 2. The van der Waals surface area contributed by atoms with Crippen LogP contribution in [0.4, 0.5) is 5.69 Å². The zero-order chi connectivity index (χ0) is 18.2. The fourth-order valence-electron chi connectivity index (χ4n) is 2.38. The Labute approximate surface area is 148 Å². The Balaban J connectivity index is 2.11. The second kappa shape index (κ2) is 8.87. The molecule has 5 nitrogen and oxygen atoms in total. The van der Waals surface area contributed by atoms with E-state index in [-0.39, 0.29) is 5.91 Å². The van der Waals surface area contributed by atoms with Crippen LogP contribution in [-0.2, 0) is 16.0 Å². The quantitative estimate of drug-likeness (QED) is 0.777. The maximum absolute atomic E-state index is 12.5. The normalized spacial score (nSPS) is 11.5. The number of methoxy groups -OCH3 is 1. The highest BCUT2D eigenvalue weighted by Gasteiger charge is 2.21. The fraction of sp³-hybridized carbons (Fsp3) is 0.300. The first-order valence-corrected chi connectivity index (χ1v) is 8.32. The van der Waals surface area contributed by atoms with E-state index in [1.165, 1.54) is 12.7 Å². The molecule has 0 saturated carbocycles. The molecular weight excluding hydrogens is 318 g/mol. The summed E-state index contributed by atoms with van der Waals surface area (Å²) >= 11 is 0. The molecule has 2 rings (SSSR count). The predicted octanol–water partition coefficient (Wildman–Crippen LogP) is 3.83. The molecule has 0 fully saturated rings. The molecule has 1 unspecified atom stereocenters. The van der Waals surface area contributed by atoms with Crippen LogP contribution in [0.1, 0.15) is 36.2 Å². The molecule has 1 atom stereocenters. The lowest BCUT2D eigenvalue weighted by atomic mass is 10.1. The van der Waals surface area contributed by atoms with Crippen molar-refractivity contribution in [1.29, 1.82) is 0 Å². The standard InChI is InChI=1S/C20H23NO4/c1-4-14-10-12-15(13-11-14)25-18(5-2)19(22)21-17-9-7-6-8-16(17)20(23)24-3/h6-13,18H,4-5H2,1-3H3,(H,21,22). The number of ether oxygens (including phenoxy) is 2. The fourth-order valence-corrected chi connectivity index (χ4v) is 2.38. The summed E-state index contributed by atoms with van der Waals surface area (Å²) in [6.07, 6.45) is 0.794. The van der Waals surface area contributed by atoms with E-state index in [9.17, 15) is 9.59 Å². The highest BCUT2D eigenvalue weighted by molar-refractivity contribution is 6.02. The van der Waals surface area contributed by atoms with Crippen LogP contribution in [0, 0.1) is 0 Å². The third kappa shape index (κ3) is 4.83. The second-order valence-corrected chi connectivity index (χ2v) is 5.54. The van der Waals surface area contributed by atoms with E-state index in [0.29, 0.717) is 23.4 Å².